The van der Waals surface area contributed by atoms with E-state index in [0.29, 0.717) is 0 Å². The van der Waals surface area contributed by atoms with E-state index < -0.39 is 0 Å². The van der Waals surface area contributed by atoms with Crippen molar-refractivity contribution < 1.29 is 4.74 Å². The first-order valence-electron chi connectivity index (χ1n) is 5.42. The van der Waals surface area contributed by atoms with Crippen LogP contribution in [0, 0.1) is 0 Å². The Morgan fingerprint density at radius 1 is 1.20 bits per heavy atom. The van der Waals surface area contributed by atoms with Crippen LogP contribution in [0.5, 0.6) is 5.75 Å². The zero-order valence-electron chi connectivity index (χ0n) is 9.13. The minimum absolute atomic E-state index is 0.799. The molecule has 0 fully saturated rings. The van der Waals surface area contributed by atoms with E-state index in [4.69, 9.17) is 4.74 Å². The maximum atomic E-state index is 5.59. The fourth-order valence-electron chi connectivity index (χ4n) is 1.25. The van der Waals surface area contributed by atoms with E-state index in [1.54, 1.807) is 0 Å². The summed E-state index contributed by atoms with van der Waals surface area (Å²) < 4.78 is 6.68. The van der Waals surface area contributed by atoms with Gasteiger partial charge in [0.2, 0.25) is 0 Å². The van der Waals surface area contributed by atoms with Crippen LogP contribution in [0.25, 0.3) is 0 Å². The van der Waals surface area contributed by atoms with Crippen molar-refractivity contribution in [1.29, 1.82) is 0 Å². The smallest absolute Gasteiger partial charge is 0.119 e. The van der Waals surface area contributed by atoms with Crippen molar-refractivity contribution in [1.82, 2.24) is 5.32 Å². The maximum absolute atomic E-state index is 5.59. The highest BCUT2D eigenvalue weighted by Gasteiger charge is 1.93. The Kier molecular flexibility index (Phi) is 6.44. The molecule has 0 spiro atoms. The number of halogens is 1. The quantitative estimate of drug-likeness (QED) is 0.769. The lowest BCUT2D eigenvalue weighted by Gasteiger charge is -2.06. The lowest BCUT2D eigenvalue weighted by Crippen LogP contribution is -2.14. The number of benzene rings is 1. The molecule has 84 valence electrons. The van der Waals surface area contributed by atoms with Crippen LogP contribution in [0.4, 0.5) is 0 Å². The van der Waals surface area contributed by atoms with Gasteiger partial charge < -0.3 is 10.1 Å². The SMILES string of the molecule is CCNCCCCOc1ccc(Br)cc1. The zero-order chi connectivity index (χ0) is 10.9. The number of nitrogens with one attached hydrogen (secondary N) is 1. The van der Waals surface area contributed by atoms with Crippen molar-refractivity contribution in [2.24, 2.45) is 0 Å². The highest BCUT2D eigenvalue weighted by molar-refractivity contribution is 9.10. The van der Waals surface area contributed by atoms with Crippen molar-refractivity contribution in [2.45, 2.75) is 19.8 Å². The molecular formula is C12H18BrNO. The third kappa shape index (κ3) is 5.80. The van der Waals surface area contributed by atoms with Crippen molar-refractivity contribution in [3.8, 4) is 5.75 Å². The van der Waals surface area contributed by atoms with Gasteiger partial charge in [0, 0.05) is 4.47 Å². The third-order valence-electron chi connectivity index (χ3n) is 2.08. The standard InChI is InChI=1S/C12H18BrNO/c1-2-14-9-3-4-10-15-12-7-5-11(13)6-8-12/h5-8,14H,2-4,9-10H2,1H3. The third-order valence-corrected chi connectivity index (χ3v) is 2.61. The summed E-state index contributed by atoms with van der Waals surface area (Å²) in [6.07, 6.45) is 2.27. The van der Waals surface area contributed by atoms with Crippen molar-refractivity contribution in [3.05, 3.63) is 28.7 Å². The molecule has 0 aromatic heterocycles. The molecule has 1 N–H and O–H groups in total. The zero-order valence-corrected chi connectivity index (χ0v) is 10.7. The first-order valence-corrected chi connectivity index (χ1v) is 6.21. The molecule has 1 aromatic rings. The summed E-state index contributed by atoms with van der Waals surface area (Å²) >= 11 is 3.39. The van der Waals surface area contributed by atoms with Gasteiger partial charge in [-0.15, -0.1) is 0 Å². The molecule has 0 heterocycles. The number of hydrogen-bond donors (Lipinski definition) is 1. The molecule has 0 atom stereocenters. The van der Waals surface area contributed by atoms with E-state index in [0.717, 1.165) is 36.3 Å². The summed E-state index contributed by atoms with van der Waals surface area (Å²) in [6.45, 7) is 5.05. The highest BCUT2D eigenvalue weighted by Crippen LogP contribution is 2.16. The predicted octanol–water partition coefficient (Wildman–Crippen LogP) is 3.22. The molecule has 0 aliphatic carbocycles. The Bertz CT molecular complexity index is 261. The molecule has 0 aliphatic heterocycles. The van der Waals surface area contributed by atoms with E-state index in [1.807, 2.05) is 24.3 Å². The normalized spacial score (nSPS) is 10.3. The number of rotatable bonds is 7. The Morgan fingerprint density at radius 3 is 2.60 bits per heavy atom. The molecule has 0 bridgehead atoms. The fourth-order valence-corrected chi connectivity index (χ4v) is 1.51. The van der Waals surface area contributed by atoms with Crippen LogP contribution >= 0.6 is 15.9 Å². The molecule has 1 aromatic carbocycles. The lowest BCUT2D eigenvalue weighted by atomic mass is 10.3. The second kappa shape index (κ2) is 7.71. The van der Waals surface area contributed by atoms with Gasteiger partial charge in [-0.3, -0.25) is 0 Å². The van der Waals surface area contributed by atoms with Crippen LogP contribution in [-0.2, 0) is 0 Å². The van der Waals surface area contributed by atoms with E-state index in [2.05, 4.69) is 28.2 Å². The topological polar surface area (TPSA) is 21.3 Å². The number of hydrogen-bond acceptors (Lipinski definition) is 2. The Morgan fingerprint density at radius 2 is 1.93 bits per heavy atom. The number of ether oxygens (including phenoxy) is 1. The summed E-state index contributed by atoms with van der Waals surface area (Å²) in [5.41, 5.74) is 0. The van der Waals surface area contributed by atoms with Gasteiger partial charge >= 0.3 is 0 Å². The van der Waals surface area contributed by atoms with E-state index in [1.165, 1.54) is 6.42 Å². The van der Waals surface area contributed by atoms with Crippen molar-refractivity contribution in [2.75, 3.05) is 19.7 Å². The van der Waals surface area contributed by atoms with Gasteiger partial charge in [-0.2, -0.15) is 0 Å². The largest absolute Gasteiger partial charge is 0.494 e. The first kappa shape index (κ1) is 12.5. The second-order valence-corrected chi connectivity index (χ2v) is 4.28. The van der Waals surface area contributed by atoms with Gasteiger partial charge in [-0.25, -0.2) is 0 Å². The lowest BCUT2D eigenvalue weighted by molar-refractivity contribution is 0.306. The molecular weight excluding hydrogens is 254 g/mol. The number of unbranched alkanes of at least 4 members (excludes halogenated alkanes) is 1. The van der Waals surface area contributed by atoms with Gasteiger partial charge in [-0.05, 0) is 50.2 Å². The van der Waals surface area contributed by atoms with Crippen LogP contribution in [0.3, 0.4) is 0 Å². The van der Waals surface area contributed by atoms with Crippen LogP contribution < -0.4 is 10.1 Å². The van der Waals surface area contributed by atoms with Gasteiger partial charge in [0.25, 0.3) is 0 Å². The van der Waals surface area contributed by atoms with E-state index >= 15 is 0 Å². The second-order valence-electron chi connectivity index (χ2n) is 3.36. The summed E-state index contributed by atoms with van der Waals surface area (Å²) in [7, 11) is 0. The minimum Gasteiger partial charge on any atom is -0.494 e. The van der Waals surface area contributed by atoms with Crippen LogP contribution in [0.15, 0.2) is 28.7 Å². The summed E-state index contributed by atoms with van der Waals surface area (Å²) in [4.78, 5) is 0. The van der Waals surface area contributed by atoms with Gasteiger partial charge in [0.1, 0.15) is 5.75 Å². The Balaban J connectivity index is 2.07. The van der Waals surface area contributed by atoms with Crippen molar-refractivity contribution >= 4 is 15.9 Å². The molecule has 15 heavy (non-hydrogen) atoms. The average Bonchev–Trinajstić information content (AvgIpc) is 2.26. The van der Waals surface area contributed by atoms with Gasteiger partial charge in [-0.1, -0.05) is 22.9 Å². The molecule has 1 rings (SSSR count). The van der Waals surface area contributed by atoms with Crippen LogP contribution in [0.1, 0.15) is 19.8 Å². The van der Waals surface area contributed by atoms with Crippen LogP contribution in [-0.4, -0.2) is 19.7 Å². The van der Waals surface area contributed by atoms with Crippen molar-refractivity contribution in [3.63, 3.8) is 0 Å². The first-order chi connectivity index (χ1) is 7.33. The summed E-state index contributed by atoms with van der Waals surface area (Å²) in [5, 5.41) is 3.29. The Labute approximate surface area is 100 Å². The minimum atomic E-state index is 0.799. The molecule has 0 unspecified atom stereocenters. The van der Waals surface area contributed by atoms with E-state index in [-0.39, 0.29) is 0 Å². The average molecular weight is 272 g/mol. The molecule has 0 radical (unpaired) electrons. The molecule has 0 saturated heterocycles. The predicted molar refractivity (Wildman–Crippen MR) is 67.4 cm³/mol. The van der Waals surface area contributed by atoms with Gasteiger partial charge in [0.15, 0.2) is 0 Å². The molecule has 0 aliphatic rings. The van der Waals surface area contributed by atoms with Gasteiger partial charge in [0.05, 0.1) is 6.61 Å². The van der Waals surface area contributed by atoms with Crippen LogP contribution in [0.2, 0.25) is 0 Å². The summed E-state index contributed by atoms with van der Waals surface area (Å²) in [6, 6.07) is 7.95. The fraction of sp³-hybridized carbons (Fsp3) is 0.500. The molecule has 0 saturated carbocycles. The Hall–Kier alpha value is -0.540. The highest BCUT2D eigenvalue weighted by atomic mass is 79.9. The molecule has 3 heteroatoms. The monoisotopic (exact) mass is 271 g/mol. The summed E-state index contributed by atoms with van der Waals surface area (Å²) in [5.74, 6) is 0.946. The van der Waals surface area contributed by atoms with E-state index in [9.17, 15) is 0 Å². The molecule has 0 amide bonds. The maximum Gasteiger partial charge on any atom is 0.119 e. The molecule has 2 nitrogen and oxygen atoms in total.